The van der Waals surface area contributed by atoms with Crippen LogP contribution in [0.25, 0.3) is 5.52 Å². The number of esters is 2. The molecule has 2 aromatic heterocycles. The van der Waals surface area contributed by atoms with Crippen LogP contribution >= 0.6 is 0 Å². The SMILES string of the molecule is CCC(=O)OC[C@H]1O[C@@](C#N)(c2ccc3c(N)nncn23)[C@H](O)[C@@H]1OCOC(=O)C(C)(C)C. The standard InChI is InChI=1S/C21H27N5O7/c1-5-15(27)30-8-13-16(31-11-32-19(29)20(2,3)4)17(28)21(9-22,33-13)14-7-6-12-18(23)25-24-10-26(12)14/h6-7,10,13,16-17,28H,5,8,11H2,1-4H3,(H2,23,25)/t13-,16-,17-,21+/m1/s1. The number of nitrogens with two attached hydrogens (primary N) is 1. The topological polar surface area (TPSA) is 171 Å². The molecule has 0 spiro atoms. The van der Waals surface area contributed by atoms with Crippen LogP contribution in [0.2, 0.25) is 0 Å². The van der Waals surface area contributed by atoms with Gasteiger partial charge in [-0.15, -0.1) is 10.2 Å². The zero-order valence-corrected chi connectivity index (χ0v) is 18.8. The molecule has 0 radical (unpaired) electrons. The fourth-order valence-corrected chi connectivity index (χ4v) is 3.43. The van der Waals surface area contributed by atoms with Gasteiger partial charge in [-0.05, 0) is 32.9 Å². The fourth-order valence-electron chi connectivity index (χ4n) is 3.43. The molecule has 1 fully saturated rings. The number of carbonyl (C=O) groups excluding carboxylic acids is 2. The van der Waals surface area contributed by atoms with Crippen LogP contribution in [0.3, 0.4) is 0 Å². The molecule has 0 amide bonds. The largest absolute Gasteiger partial charge is 0.463 e. The molecular weight excluding hydrogens is 434 g/mol. The highest BCUT2D eigenvalue weighted by atomic mass is 16.7. The first kappa shape index (κ1) is 24.4. The molecule has 1 saturated heterocycles. The van der Waals surface area contributed by atoms with Gasteiger partial charge in [0.25, 0.3) is 0 Å². The van der Waals surface area contributed by atoms with Gasteiger partial charge in [-0.2, -0.15) is 5.26 Å². The Balaban J connectivity index is 1.91. The normalized spacial score (nSPS) is 25.0. The molecule has 0 unspecified atom stereocenters. The number of aliphatic hydroxyl groups is 1. The Morgan fingerprint density at radius 2 is 2.09 bits per heavy atom. The Bertz CT molecular complexity index is 1070. The number of nitrogen functional groups attached to an aromatic ring is 1. The van der Waals surface area contributed by atoms with Crippen LogP contribution in [0.15, 0.2) is 18.5 Å². The molecule has 3 heterocycles. The first-order valence-corrected chi connectivity index (χ1v) is 10.4. The smallest absolute Gasteiger partial charge is 0.313 e. The maximum atomic E-state index is 12.1. The molecule has 1 aliphatic heterocycles. The molecular formula is C21H27N5O7. The van der Waals surface area contributed by atoms with E-state index in [2.05, 4.69) is 10.2 Å². The molecule has 33 heavy (non-hydrogen) atoms. The third-order valence-electron chi connectivity index (χ3n) is 5.25. The number of aliphatic hydroxyl groups excluding tert-OH is 1. The Kier molecular flexibility index (Phi) is 6.87. The lowest BCUT2D eigenvalue weighted by Gasteiger charge is -2.25. The number of hydrogen-bond donors (Lipinski definition) is 2. The predicted octanol–water partition coefficient (Wildman–Crippen LogP) is 0.675. The van der Waals surface area contributed by atoms with Crippen molar-refractivity contribution in [3.63, 3.8) is 0 Å². The second-order valence-electron chi connectivity index (χ2n) is 8.61. The van der Waals surface area contributed by atoms with E-state index >= 15 is 0 Å². The van der Waals surface area contributed by atoms with Crippen LogP contribution in [-0.2, 0) is 34.1 Å². The van der Waals surface area contributed by atoms with Gasteiger partial charge in [0, 0.05) is 6.42 Å². The summed E-state index contributed by atoms with van der Waals surface area (Å²) in [5.74, 6) is -0.876. The van der Waals surface area contributed by atoms with Gasteiger partial charge < -0.3 is 29.8 Å². The molecule has 3 N–H and O–H groups in total. The highest BCUT2D eigenvalue weighted by Crippen LogP contribution is 2.42. The molecule has 4 atom stereocenters. The molecule has 3 rings (SSSR count). The first-order valence-electron chi connectivity index (χ1n) is 10.4. The minimum Gasteiger partial charge on any atom is -0.463 e. The van der Waals surface area contributed by atoms with E-state index in [1.165, 1.54) is 10.7 Å². The van der Waals surface area contributed by atoms with Crippen molar-refractivity contribution >= 4 is 23.3 Å². The minimum atomic E-state index is -1.91. The number of nitriles is 1. The minimum absolute atomic E-state index is 0.125. The summed E-state index contributed by atoms with van der Waals surface area (Å²) in [5, 5.41) is 28.8. The predicted molar refractivity (Wildman–Crippen MR) is 112 cm³/mol. The summed E-state index contributed by atoms with van der Waals surface area (Å²) in [6.45, 7) is 5.91. The van der Waals surface area contributed by atoms with E-state index < -0.39 is 48.1 Å². The second kappa shape index (κ2) is 9.30. The number of ether oxygens (including phenoxy) is 4. The van der Waals surface area contributed by atoms with Gasteiger partial charge in [0.05, 0.1) is 16.6 Å². The van der Waals surface area contributed by atoms with Gasteiger partial charge in [0.2, 0.25) is 5.60 Å². The molecule has 2 aromatic rings. The van der Waals surface area contributed by atoms with Crippen molar-refractivity contribution in [2.75, 3.05) is 19.1 Å². The summed E-state index contributed by atoms with van der Waals surface area (Å²) in [5.41, 5.74) is 3.88. The lowest BCUT2D eigenvalue weighted by atomic mass is 9.92. The van der Waals surface area contributed by atoms with Crippen molar-refractivity contribution in [1.82, 2.24) is 14.6 Å². The zero-order valence-electron chi connectivity index (χ0n) is 18.8. The van der Waals surface area contributed by atoms with Crippen molar-refractivity contribution in [2.45, 2.75) is 58.0 Å². The number of fused-ring (bicyclic) bond motifs is 1. The van der Waals surface area contributed by atoms with Crippen LogP contribution < -0.4 is 5.73 Å². The van der Waals surface area contributed by atoms with Crippen LogP contribution in [0.5, 0.6) is 0 Å². The molecule has 0 bridgehead atoms. The van der Waals surface area contributed by atoms with Crippen molar-refractivity contribution in [3.05, 3.63) is 24.2 Å². The third-order valence-corrected chi connectivity index (χ3v) is 5.25. The summed E-state index contributed by atoms with van der Waals surface area (Å²) in [6, 6.07) is 5.18. The van der Waals surface area contributed by atoms with E-state index in [4.69, 9.17) is 24.7 Å². The molecule has 12 nitrogen and oxygen atoms in total. The summed E-state index contributed by atoms with van der Waals surface area (Å²) >= 11 is 0. The Morgan fingerprint density at radius 1 is 1.36 bits per heavy atom. The molecule has 0 aromatic carbocycles. The Morgan fingerprint density at radius 3 is 2.73 bits per heavy atom. The van der Waals surface area contributed by atoms with Crippen molar-refractivity contribution in [2.24, 2.45) is 5.41 Å². The first-order chi connectivity index (χ1) is 15.5. The van der Waals surface area contributed by atoms with Gasteiger partial charge in [-0.3, -0.25) is 14.0 Å². The van der Waals surface area contributed by atoms with E-state index in [1.807, 2.05) is 6.07 Å². The Labute approximate surface area is 190 Å². The van der Waals surface area contributed by atoms with Crippen LogP contribution in [0, 0.1) is 16.7 Å². The number of nitrogens with zero attached hydrogens (tertiary/aromatic N) is 4. The van der Waals surface area contributed by atoms with E-state index in [0.29, 0.717) is 5.52 Å². The molecule has 0 saturated carbocycles. The van der Waals surface area contributed by atoms with Crippen molar-refractivity contribution in [3.8, 4) is 6.07 Å². The zero-order chi connectivity index (χ0) is 24.4. The lowest BCUT2D eigenvalue weighted by molar-refractivity contribution is -0.178. The van der Waals surface area contributed by atoms with Gasteiger partial charge in [-0.1, -0.05) is 6.92 Å². The number of anilines is 1. The number of rotatable bonds is 7. The summed E-state index contributed by atoms with van der Waals surface area (Å²) in [7, 11) is 0. The maximum absolute atomic E-state index is 12.1. The van der Waals surface area contributed by atoms with Crippen LogP contribution in [-0.4, -0.2) is 63.4 Å². The van der Waals surface area contributed by atoms with E-state index in [9.17, 15) is 20.0 Å². The van der Waals surface area contributed by atoms with Crippen LogP contribution in [0.4, 0.5) is 5.82 Å². The average Bonchev–Trinajstić information content (AvgIpc) is 3.32. The van der Waals surface area contributed by atoms with E-state index in [-0.39, 0.29) is 24.5 Å². The highest BCUT2D eigenvalue weighted by molar-refractivity contribution is 5.75. The van der Waals surface area contributed by atoms with E-state index in [1.54, 1.807) is 39.8 Å². The average molecular weight is 461 g/mol. The fraction of sp³-hybridized carbons (Fsp3) is 0.571. The highest BCUT2D eigenvalue weighted by Gasteiger charge is 2.58. The van der Waals surface area contributed by atoms with Gasteiger partial charge >= 0.3 is 11.9 Å². The number of carbonyl (C=O) groups is 2. The lowest BCUT2D eigenvalue weighted by Crippen LogP contribution is -2.42. The third kappa shape index (κ3) is 4.61. The number of aromatic nitrogens is 3. The molecule has 1 aliphatic rings. The monoisotopic (exact) mass is 461 g/mol. The maximum Gasteiger partial charge on any atom is 0.313 e. The molecule has 178 valence electrons. The summed E-state index contributed by atoms with van der Waals surface area (Å²) in [4.78, 5) is 23.8. The molecule has 12 heteroatoms. The van der Waals surface area contributed by atoms with Gasteiger partial charge in [-0.25, -0.2) is 0 Å². The Hall–Kier alpha value is -3.27. The summed E-state index contributed by atoms with van der Waals surface area (Å²) < 4.78 is 23.4. The van der Waals surface area contributed by atoms with Gasteiger partial charge in [0.1, 0.15) is 37.3 Å². The van der Waals surface area contributed by atoms with Crippen molar-refractivity contribution in [1.29, 1.82) is 5.26 Å². The van der Waals surface area contributed by atoms with Crippen molar-refractivity contribution < 1.29 is 33.6 Å². The van der Waals surface area contributed by atoms with Crippen LogP contribution in [0.1, 0.15) is 39.8 Å². The second-order valence-corrected chi connectivity index (χ2v) is 8.61. The molecule has 0 aliphatic carbocycles. The van der Waals surface area contributed by atoms with E-state index in [0.717, 1.165) is 0 Å². The quantitative estimate of drug-likeness (QED) is 0.438. The number of hydrogen-bond acceptors (Lipinski definition) is 11. The van der Waals surface area contributed by atoms with Gasteiger partial charge in [0.15, 0.2) is 12.6 Å². The summed E-state index contributed by atoms with van der Waals surface area (Å²) in [6.07, 6.45) is -2.24.